The number of amides is 1. The lowest BCUT2D eigenvalue weighted by molar-refractivity contribution is 0.0923. The third-order valence-corrected chi connectivity index (χ3v) is 5.30. The van der Waals surface area contributed by atoms with Crippen LogP contribution in [0.25, 0.3) is 0 Å². The van der Waals surface area contributed by atoms with E-state index in [1.54, 1.807) is 30.5 Å². The zero-order valence-corrected chi connectivity index (χ0v) is 15.9. The normalized spacial score (nSPS) is 19.8. The fraction of sp³-hybridized carbons (Fsp3) is 0.368. The Bertz CT molecular complexity index is 759. The van der Waals surface area contributed by atoms with Gasteiger partial charge >= 0.3 is 0 Å². The number of nitrogens with two attached hydrogens (primary N) is 1. The van der Waals surface area contributed by atoms with Crippen molar-refractivity contribution in [2.75, 3.05) is 17.6 Å². The third kappa shape index (κ3) is 5.02. The average molecular weight is 393 g/mol. The molecule has 0 spiro atoms. The van der Waals surface area contributed by atoms with Crippen molar-refractivity contribution in [3.8, 4) is 0 Å². The zero-order chi connectivity index (χ0) is 18.5. The van der Waals surface area contributed by atoms with Crippen molar-refractivity contribution in [3.63, 3.8) is 0 Å². The Balaban J connectivity index is 1.45. The number of carbonyl (C=O) groups is 1. The van der Waals surface area contributed by atoms with Crippen LogP contribution >= 0.6 is 23.2 Å². The molecule has 2 aromatic rings. The average Bonchev–Trinajstić information content (AvgIpc) is 2.64. The summed E-state index contributed by atoms with van der Waals surface area (Å²) >= 11 is 12.1. The Kier molecular flexibility index (Phi) is 6.22. The largest absolute Gasteiger partial charge is 0.384 e. The lowest BCUT2D eigenvalue weighted by atomic mass is 9.86. The van der Waals surface area contributed by atoms with E-state index < -0.39 is 0 Å². The van der Waals surface area contributed by atoms with E-state index in [2.05, 4.69) is 15.6 Å². The lowest BCUT2D eigenvalue weighted by Crippen LogP contribution is -2.38. The predicted molar refractivity (Wildman–Crippen MR) is 107 cm³/mol. The number of carbonyl (C=O) groups excluding carboxylic acids is 1. The standard InChI is InChI=1S/C19H22Cl2N4O/c20-13-3-7-17(21)16(9-13)19(26)25-14-4-1-12(2-5-14)10-23-15-6-8-18(22)24-11-15/h3,6-9,11-12,14,23H,1-2,4-5,10H2,(H2,22,24)(H,25,26). The number of hydrogen-bond donors (Lipinski definition) is 3. The van der Waals surface area contributed by atoms with E-state index in [1.807, 2.05) is 6.07 Å². The van der Waals surface area contributed by atoms with Crippen LogP contribution in [-0.4, -0.2) is 23.5 Å². The molecule has 0 unspecified atom stereocenters. The number of aromatic nitrogens is 1. The quantitative estimate of drug-likeness (QED) is 0.705. The van der Waals surface area contributed by atoms with Gasteiger partial charge in [0.05, 0.1) is 22.5 Å². The predicted octanol–water partition coefficient (Wildman–Crippen LogP) is 4.37. The molecule has 1 aromatic heterocycles. The Labute approximate surface area is 163 Å². The van der Waals surface area contributed by atoms with Gasteiger partial charge in [0, 0.05) is 17.6 Å². The molecule has 0 bridgehead atoms. The van der Waals surface area contributed by atoms with Crippen molar-refractivity contribution < 1.29 is 4.79 Å². The van der Waals surface area contributed by atoms with Gasteiger partial charge in [-0.2, -0.15) is 0 Å². The molecule has 0 atom stereocenters. The van der Waals surface area contributed by atoms with E-state index in [0.29, 0.717) is 27.3 Å². The summed E-state index contributed by atoms with van der Waals surface area (Å²) in [7, 11) is 0. The smallest absolute Gasteiger partial charge is 0.253 e. The molecule has 5 nitrogen and oxygen atoms in total. The van der Waals surface area contributed by atoms with Gasteiger partial charge in [-0.3, -0.25) is 4.79 Å². The molecule has 1 aliphatic rings. The van der Waals surface area contributed by atoms with Gasteiger partial charge in [0.15, 0.2) is 0 Å². The number of halogens is 2. The molecule has 1 heterocycles. The van der Waals surface area contributed by atoms with Crippen LogP contribution in [0.5, 0.6) is 0 Å². The maximum Gasteiger partial charge on any atom is 0.253 e. The molecule has 1 aliphatic carbocycles. The van der Waals surface area contributed by atoms with Crippen LogP contribution in [0.2, 0.25) is 10.0 Å². The highest BCUT2D eigenvalue weighted by atomic mass is 35.5. The molecule has 0 radical (unpaired) electrons. The van der Waals surface area contributed by atoms with Crippen LogP contribution in [0, 0.1) is 5.92 Å². The summed E-state index contributed by atoms with van der Waals surface area (Å²) in [6.07, 6.45) is 5.77. The Hall–Kier alpha value is -1.98. The van der Waals surface area contributed by atoms with Crippen molar-refractivity contribution in [2.45, 2.75) is 31.7 Å². The lowest BCUT2D eigenvalue weighted by Gasteiger charge is -2.29. The molecule has 138 valence electrons. The highest BCUT2D eigenvalue weighted by Crippen LogP contribution is 2.26. The monoisotopic (exact) mass is 392 g/mol. The molecule has 1 saturated carbocycles. The molecular weight excluding hydrogens is 371 g/mol. The van der Waals surface area contributed by atoms with E-state index in [-0.39, 0.29) is 11.9 Å². The first-order valence-corrected chi connectivity index (χ1v) is 9.48. The minimum Gasteiger partial charge on any atom is -0.384 e. The zero-order valence-electron chi connectivity index (χ0n) is 14.3. The van der Waals surface area contributed by atoms with Gasteiger partial charge in [-0.1, -0.05) is 23.2 Å². The molecule has 7 heteroatoms. The van der Waals surface area contributed by atoms with Crippen molar-refractivity contribution in [2.24, 2.45) is 5.92 Å². The van der Waals surface area contributed by atoms with E-state index in [9.17, 15) is 4.79 Å². The highest BCUT2D eigenvalue weighted by molar-refractivity contribution is 6.35. The number of rotatable bonds is 5. The summed E-state index contributed by atoms with van der Waals surface area (Å²) in [5.74, 6) is 0.939. The minimum absolute atomic E-state index is 0.160. The Morgan fingerprint density at radius 3 is 2.62 bits per heavy atom. The van der Waals surface area contributed by atoms with Gasteiger partial charge in [-0.25, -0.2) is 4.98 Å². The van der Waals surface area contributed by atoms with Crippen molar-refractivity contribution >= 4 is 40.6 Å². The molecular formula is C19H22Cl2N4O. The number of benzene rings is 1. The van der Waals surface area contributed by atoms with Crippen LogP contribution in [0.4, 0.5) is 11.5 Å². The first kappa shape index (κ1) is 18.8. The van der Waals surface area contributed by atoms with Crippen molar-refractivity contribution in [3.05, 3.63) is 52.1 Å². The van der Waals surface area contributed by atoms with Crippen LogP contribution in [0.15, 0.2) is 36.5 Å². The molecule has 1 amide bonds. The molecule has 4 N–H and O–H groups in total. The number of hydrogen-bond acceptors (Lipinski definition) is 4. The maximum atomic E-state index is 12.4. The van der Waals surface area contributed by atoms with Crippen molar-refractivity contribution in [1.29, 1.82) is 0 Å². The number of pyridine rings is 1. The summed E-state index contributed by atoms with van der Waals surface area (Å²) in [6.45, 7) is 0.895. The van der Waals surface area contributed by atoms with E-state index in [0.717, 1.165) is 37.9 Å². The van der Waals surface area contributed by atoms with Gasteiger partial charge < -0.3 is 16.4 Å². The fourth-order valence-electron chi connectivity index (χ4n) is 3.22. The number of nitrogens with one attached hydrogen (secondary N) is 2. The Morgan fingerprint density at radius 1 is 1.15 bits per heavy atom. The summed E-state index contributed by atoms with van der Waals surface area (Å²) in [4.78, 5) is 16.5. The van der Waals surface area contributed by atoms with Crippen LogP contribution in [-0.2, 0) is 0 Å². The number of nitrogens with zero attached hydrogens (tertiary/aromatic N) is 1. The SMILES string of the molecule is Nc1ccc(NCC2CCC(NC(=O)c3cc(Cl)ccc3Cl)CC2)cn1. The van der Waals surface area contributed by atoms with Gasteiger partial charge in [0.25, 0.3) is 5.91 Å². The molecule has 1 aromatic carbocycles. The topological polar surface area (TPSA) is 80.0 Å². The molecule has 26 heavy (non-hydrogen) atoms. The molecule has 3 rings (SSSR count). The van der Waals surface area contributed by atoms with Gasteiger partial charge in [-0.05, 0) is 61.9 Å². The summed E-state index contributed by atoms with van der Waals surface area (Å²) in [6, 6.07) is 8.82. The maximum absolute atomic E-state index is 12.4. The minimum atomic E-state index is -0.160. The fourth-order valence-corrected chi connectivity index (χ4v) is 3.59. The van der Waals surface area contributed by atoms with E-state index in [4.69, 9.17) is 28.9 Å². The van der Waals surface area contributed by atoms with Gasteiger partial charge in [0.1, 0.15) is 5.82 Å². The van der Waals surface area contributed by atoms with Gasteiger partial charge in [-0.15, -0.1) is 0 Å². The highest BCUT2D eigenvalue weighted by Gasteiger charge is 2.23. The second-order valence-electron chi connectivity index (χ2n) is 6.67. The first-order valence-electron chi connectivity index (χ1n) is 8.72. The Morgan fingerprint density at radius 2 is 1.92 bits per heavy atom. The van der Waals surface area contributed by atoms with Gasteiger partial charge in [0.2, 0.25) is 0 Å². The molecule has 1 fully saturated rings. The second kappa shape index (κ2) is 8.60. The summed E-state index contributed by atoms with van der Waals surface area (Å²) in [5, 5.41) is 7.40. The summed E-state index contributed by atoms with van der Waals surface area (Å²) in [5.41, 5.74) is 7.00. The van der Waals surface area contributed by atoms with Crippen LogP contribution < -0.4 is 16.4 Å². The molecule has 0 aliphatic heterocycles. The first-order chi connectivity index (χ1) is 12.5. The van der Waals surface area contributed by atoms with Crippen LogP contribution in [0.3, 0.4) is 0 Å². The number of anilines is 2. The van der Waals surface area contributed by atoms with E-state index in [1.165, 1.54) is 0 Å². The third-order valence-electron chi connectivity index (χ3n) is 4.74. The molecule has 0 saturated heterocycles. The second-order valence-corrected chi connectivity index (χ2v) is 7.51. The summed E-state index contributed by atoms with van der Waals surface area (Å²) < 4.78 is 0. The van der Waals surface area contributed by atoms with Crippen LogP contribution in [0.1, 0.15) is 36.0 Å². The van der Waals surface area contributed by atoms with E-state index >= 15 is 0 Å². The van der Waals surface area contributed by atoms with Crippen molar-refractivity contribution in [1.82, 2.24) is 10.3 Å². The number of nitrogen functional groups attached to an aromatic ring is 1.